The summed E-state index contributed by atoms with van der Waals surface area (Å²) in [5.41, 5.74) is 1.95. The van der Waals surface area contributed by atoms with Crippen LogP contribution in [-0.4, -0.2) is 53.2 Å². The molecule has 1 aliphatic carbocycles. The number of rotatable bonds is 7. The molecular weight excluding hydrogens is 462 g/mol. The van der Waals surface area contributed by atoms with Gasteiger partial charge in [0.25, 0.3) is 10.0 Å². The summed E-state index contributed by atoms with van der Waals surface area (Å²) in [5.74, 6) is 1.04. The molecular formula is C24H28ClN3O4S. The fraction of sp³-hybridized carbons (Fsp3) is 0.458. The summed E-state index contributed by atoms with van der Waals surface area (Å²) in [7, 11) is -0.996. The normalized spacial score (nSPS) is 18.4. The van der Waals surface area contributed by atoms with E-state index in [2.05, 4.69) is 4.90 Å². The highest BCUT2D eigenvalue weighted by molar-refractivity contribution is 7.93. The number of likely N-dealkylation sites (tertiary alicyclic amines) is 1. The molecule has 2 aromatic carbocycles. The first-order valence-corrected chi connectivity index (χ1v) is 12.9. The van der Waals surface area contributed by atoms with Crippen LogP contribution in [0.3, 0.4) is 0 Å². The minimum absolute atomic E-state index is 0.204. The van der Waals surface area contributed by atoms with Gasteiger partial charge in [-0.25, -0.2) is 12.7 Å². The van der Waals surface area contributed by atoms with Crippen LogP contribution in [0.5, 0.6) is 11.5 Å². The molecule has 0 N–H and O–H groups in total. The van der Waals surface area contributed by atoms with Gasteiger partial charge in [-0.3, -0.25) is 0 Å². The van der Waals surface area contributed by atoms with Gasteiger partial charge in [0.15, 0.2) is 0 Å². The molecule has 0 spiro atoms. The van der Waals surface area contributed by atoms with Crippen LogP contribution in [0.15, 0.2) is 35.2 Å². The predicted molar refractivity (Wildman–Crippen MR) is 128 cm³/mol. The number of hydrogen-bond donors (Lipinski definition) is 0. The molecule has 0 bridgehead atoms. The molecule has 2 aliphatic rings. The number of fused-ring (bicyclic) bond motifs is 1. The Hall–Kier alpha value is -2.47. The monoisotopic (exact) mass is 489 g/mol. The van der Waals surface area contributed by atoms with Crippen LogP contribution in [-0.2, 0) is 22.9 Å². The standard InChI is InChI=1S/C24H28ClN3O4S/c1-31-22-9-10-24(19-7-6-18(16-20(19)22)27-12-3-4-13-27)33(29,30)28(14-11-26)21-15-17(25)5-8-23(21)32-2/h5,8-10,15,18H,3-4,6-7,12-14,16H2,1-2H3. The zero-order valence-corrected chi connectivity index (χ0v) is 20.5. The second-order valence-electron chi connectivity index (χ2n) is 8.35. The van der Waals surface area contributed by atoms with Crippen molar-refractivity contribution in [3.05, 3.63) is 46.5 Å². The van der Waals surface area contributed by atoms with Crippen LogP contribution >= 0.6 is 11.6 Å². The summed E-state index contributed by atoms with van der Waals surface area (Å²) < 4.78 is 39.9. The van der Waals surface area contributed by atoms with Crippen LogP contribution in [0, 0.1) is 11.3 Å². The first-order valence-electron chi connectivity index (χ1n) is 11.1. The molecule has 1 unspecified atom stereocenters. The summed E-state index contributed by atoms with van der Waals surface area (Å²) in [4.78, 5) is 2.71. The number of sulfonamides is 1. The van der Waals surface area contributed by atoms with E-state index in [9.17, 15) is 13.7 Å². The number of nitriles is 1. The van der Waals surface area contributed by atoms with Gasteiger partial charge in [0.05, 0.1) is 30.9 Å². The van der Waals surface area contributed by atoms with Crippen LogP contribution in [0.1, 0.15) is 30.4 Å². The lowest BCUT2D eigenvalue weighted by molar-refractivity contribution is 0.219. The van der Waals surface area contributed by atoms with E-state index in [0.29, 0.717) is 29.0 Å². The lowest BCUT2D eigenvalue weighted by atomic mass is 9.87. The third kappa shape index (κ3) is 4.50. The maximum atomic E-state index is 13.9. The number of ether oxygens (including phenoxy) is 2. The maximum Gasteiger partial charge on any atom is 0.265 e. The molecule has 4 rings (SSSR count). The number of halogens is 1. The Bertz CT molecular complexity index is 1170. The predicted octanol–water partition coefficient (Wildman–Crippen LogP) is 4.03. The Labute approximate surface area is 200 Å². The van der Waals surface area contributed by atoms with E-state index >= 15 is 0 Å². The fourth-order valence-corrected chi connectivity index (χ4v) is 6.80. The van der Waals surface area contributed by atoms with E-state index in [0.717, 1.165) is 41.4 Å². The number of benzene rings is 2. The number of methoxy groups -OCH3 is 2. The highest BCUT2D eigenvalue weighted by atomic mass is 35.5. The van der Waals surface area contributed by atoms with E-state index in [1.807, 2.05) is 6.07 Å². The van der Waals surface area contributed by atoms with Gasteiger partial charge in [-0.2, -0.15) is 5.26 Å². The molecule has 33 heavy (non-hydrogen) atoms. The lowest BCUT2D eigenvalue weighted by Gasteiger charge is -2.34. The molecule has 7 nitrogen and oxygen atoms in total. The molecule has 9 heteroatoms. The Morgan fingerprint density at radius 3 is 2.48 bits per heavy atom. The molecule has 1 saturated heterocycles. The van der Waals surface area contributed by atoms with E-state index in [-0.39, 0.29) is 17.1 Å². The SMILES string of the molecule is COc1ccc(Cl)cc1N(CC#N)S(=O)(=O)c1ccc(OC)c2c1CCC(N1CCCC1)C2. The van der Waals surface area contributed by atoms with Gasteiger partial charge in [0.2, 0.25) is 0 Å². The Morgan fingerprint density at radius 2 is 1.82 bits per heavy atom. The molecule has 1 fully saturated rings. The zero-order chi connectivity index (χ0) is 23.6. The smallest absolute Gasteiger partial charge is 0.265 e. The number of anilines is 1. The van der Waals surface area contributed by atoms with Crippen LogP contribution in [0.2, 0.25) is 5.02 Å². The molecule has 0 saturated carbocycles. The average molecular weight is 490 g/mol. The number of hydrogen-bond acceptors (Lipinski definition) is 6. The van der Waals surface area contributed by atoms with Crippen molar-refractivity contribution in [1.82, 2.24) is 4.90 Å². The van der Waals surface area contributed by atoms with Crippen LogP contribution < -0.4 is 13.8 Å². The summed E-state index contributed by atoms with van der Waals surface area (Å²) in [6.07, 6.45) is 4.69. The molecule has 0 aromatic heterocycles. The van der Waals surface area contributed by atoms with Gasteiger partial charge in [-0.1, -0.05) is 11.6 Å². The third-order valence-corrected chi connectivity index (χ3v) is 8.66. The maximum absolute atomic E-state index is 13.9. The first-order chi connectivity index (χ1) is 15.9. The van der Waals surface area contributed by atoms with Crippen molar-refractivity contribution in [2.24, 2.45) is 0 Å². The lowest BCUT2D eigenvalue weighted by Crippen LogP contribution is -2.38. The highest BCUT2D eigenvalue weighted by Crippen LogP contribution is 2.40. The summed E-state index contributed by atoms with van der Waals surface area (Å²) in [6, 6.07) is 10.4. The van der Waals surface area contributed by atoms with E-state index in [1.54, 1.807) is 31.4 Å². The van der Waals surface area contributed by atoms with Gasteiger partial charge in [-0.05, 0) is 81.1 Å². The third-order valence-electron chi connectivity index (χ3n) is 6.58. The van der Waals surface area contributed by atoms with Gasteiger partial charge in [0, 0.05) is 16.6 Å². The zero-order valence-electron chi connectivity index (χ0n) is 18.9. The minimum atomic E-state index is -4.07. The second-order valence-corrected chi connectivity index (χ2v) is 10.6. The Kier molecular flexibility index (Phi) is 7.03. The summed E-state index contributed by atoms with van der Waals surface area (Å²) in [5, 5.41) is 9.82. The van der Waals surface area contributed by atoms with Gasteiger partial charge in [0.1, 0.15) is 18.0 Å². The fourth-order valence-electron chi connectivity index (χ4n) is 4.99. The van der Waals surface area contributed by atoms with Crippen molar-refractivity contribution in [2.75, 3.05) is 38.2 Å². The molecule has 0 amide bonds. The molecule has 1 aliphatic heterocycles. The highest BCUT2D eigenvalue weighted by Gasteiger charge is 2.35. The van der Waals surface area contributed by atoms with Crippen molar-refractivity contribution in [2.45, 2.75) is 43.0 Å². The van der Waals surface area contributed by atoms with E-state index in [4.69, 9.17) is 21.1 Å². The average Bonchev–Trinajstić information content (AvgIpc) is 3.36. The largest absolute Gasteiger partial charge is 0.496 e. The van der Waals surface area contributed by atoms with Crippen molar-refractivity contribution in [3.8, 4) is 17.6 Å². The quantitative estimate of drug-likeness (QED) is 0.546. The van der Waals surface area contributed by atoms with Gasteiger partial charge < -0.3 is 14.4 Å². The van der Waals surface area contributed by atoms with E-state index in [1.165, 1.54) is 26.0 Å². The summed E-state index contributed by atoms with van der Waals surface area (Å²) >= 11 is 6.17. The van der Waals surface area contributed by atoms with Crippen molar-refractivity contribution in [1.29, 1.82) is 5.26 Å². The summed E-state index contributed by atoms with van der Waals surface area (Å²) in [6.45, 7) is 1.81. The van der Waals surface area contributed by atoms with Crippen molar-refractivity contribution >= 4 is 27.3 Å². The molecule has 1 heterocycles. The first kappa shape index (κ1) is 23.7. The van der Waals surface area contributed by atoms with Gasteiger partial charge in [-0.15, -0.1) is 0 Å². The topological polar surface area (TPSA) is 82.9 Å². The van der Waals surface area contributed by atoms with Gasteiger partial charge >= 0.3 is 0 Å². The molecule has 0 radical (unpaired) electrons. The Morgan fingerprint density at radius 1 is 1.12 bits per heavy atom. The van der Waals surface area contributed by atoms with Crippen LogP contribution in [0.25, 0.3) is 0 Å². The van der Waals surface area contributed by atoms with Crippen molar-refractivity contribution < 1.29 is 17.9 Å². The van der Waals surface area contributed by atoms with E-state index < -0.39 is 10.0 Å². The molecule has 176 valence electrons. The Balaban J connectivity index is 1.80. The minimum Gasteiger partial charge on any atom is -0.496 e. The molecule has 1 atom stereocenters. The second kappa shape index (κ2) is 9.80. The number of nitrogens with zero attached hydrogens (tertiary/aromatic N) is 3. The van der Waals surface area contributed by atoms with Crippen molar-refractivity contribution in [3.63, 3.8) is 0 Å². The van der Waals surface area contributed by atoms with Crippen LogP contribution in [0.4, 0.5) is 5.69 Å². The molecule has 2 aromatic rings.